The number of anilines is 1. The van der Waals surface area contributed by atoms with Gasteiger partial charge in [-0.25, -0.2) is 0 Å². The highest BCUT2D eigenvalue weighted by Crippen LogP contribution is 2.29. The summed E-state index contributed by atoms with van der Waals surface area (Å²) in [6.45, 7) is 3.70. The SMILES string of the molecule is N#Cc1ccc([N+](=O)[O-])c(N2CCCN(CCO)CC2)c1. The molecule has 0 saturated carbocycles. The van der Waals surface area contributed by atoms with Crippen LogP contribution < -0.4 is 4.90 Å². The second kappa shape index (κ2) is 7.02. The van der Waals surface area contributed by atoms with Gasteiger partial charge in [0.25, 0.3) is 5.69 Å². The molecule has 0 radical (unpaired) electrons. The third-order valence-electron chi connectivity index (χ3n) is 3.65. The molecule has 0 aromatic heterocycles. The minimum Gasteiger partial charge on any atom is -0.395 e. The largest absolute Gasteiger partial charge is 0.395 e. The monoisotopic (exact) mass is 290 g/mol. The lowest BCUT2D eigenvalue weighted by molar-refractivity contribution is -0.384. The Hall–Kier alpha value is -2.17. The summed E-state index contributed by atoms with van der Waals surface area (Å²) in [5.41, 5.74) is 0.960. The lowest BCUT2D eigenvalue weighted by atomic mass is 10.1. The molecule has 0 atom stereocenters. The van der Waals surface area contributed by atoms with Crippen LogP contribution in [0.15, 0.2) is 18.2 Å². The second-order valence-corrected chi connectivity index (χ2v) is 4.98. The third-order valence-corrected chi connectivity index (χ3v) is 3.65. The van der Waals surface area contributed by atoms with Gasteiger partial charge in [0.1, 0.15) is 5.69 Å². The fourth-order valence-corrected chi connectivity index (χ4v) is 2.58. The van der Waals surface area contributed by atoms with Crippen molar-refractivity contribution in [2.45, 2.75) is 6.42 Å². The Morgan fingerprint density at radius 1 is 1.33 bits per heavy atom. The first-order valence-corrected chi connectivity index (χ1v) is 6.92. The number of nitrogens with zero attached hydrogens (tertiary/aromatic N) is 4. The first-order valence-electron chi connectivity index (χ1n) is 6.92. The number of aliphatic hydroxyl groups is 1. The van der Waals surface area contributed by atoms with Crippen LogP contribution in [0.4, 0.5) is 11.4 Å². The van der Waals surface area contributed by atoms with Crippen molar-refractivity contribution in [3.05, 3.63) is 33.9 Å². The number of nitro benzene ring substituents is 1. The predicted octanol–water partition coefficient (Wildman–Crippen LogP) is 0.971. The predicted molar refractivity (Wildman–Crippen MR) is 78.2 cm³/mol. The van der Waals surface area contributed by atoms with Crippen LogP contribution in [0.3, 0.4) is 0 Å². The van der Waals surface area contributed by atoms with Crippen LogP contribution in [0, 0.1) is 21.4 Å². The summed E-state index contributed by atoms with van der Waals surface area (Å²) in [4.78, 5) is 14.9. The molecule has 0 aliphatic carbocycles. The second-order valence-electron chi connectivity index (χ2n) is 4.98. The molecule has 1 heterocycles. The van der Waals surface area contributed by atoms with Gasteiger partial charge in [-0.15, -0.1) is 0 Å². The molecule has 0 bridgehead atoms. The van der Waals surface area contributed by atoms with Crippen molar-refractivity contribution in [1.29, 1.82) is 5.26 Å². The van der Waals surface area contributed by atoms with E-state index in [1.54, 1.807) is 6.07 Å². The van der Waals surface area contributed by atoms with Crippen molar-refractivity contribution in [3.63, 3.8) is 0 Å². The fourth-order valence-electron chi connectivity index (χ4n) is 2.58. The van der Waals surface area contributed by atoms with Crippen LogP contribution in [0.1, 0.15) is 12.0 Å². The lowest BCUT2D eigenvalue weighted by Crippen LogP contribution is -2.32. The summed E-state index contributed by atoms with van der Waals surface area (Å²) in [7, 11) is 0. The molecule has 1 fully saturated rings. The Kier molecular flexibility index (Phi) is 5.09. The molecule has 0 spiro atoms. The van der Waals surface area contributed by atoms with Crippen LogP contribution in [0.5, 0.6) is 0 Å². The Morgan fingerprint density at radius 3 is 2.81 bits per heavy atom. The van der Waals surface area contributed by atoms with Gasteiger partial charge in [-0.3, -0.25) is 15.0 Å². The molecule has 0 unspecified atom stereocenters. The maximum absolute atomic E-state index is 11.2. The molecule has 0 amide bonds. The maximum atomic E-state index is 11.2. The molecule has 2 rings (SSSR count). The first kappa shape index (κ1) is 15.2. The highest BCUT2D eigenvalue weighted by atomic mass is 16.6. The summed E-state index contributed by atoms with van der Waals surface area (Å²) >= 11 is 0. The number of hydrogen-bond acceptors (Lipinski definition) is 6. The standard InChI is InChI=1S/C14H18N4O3/c15-11-12-2-3-13(18(20)21)14(10-12)17-5-1-4-16(6-7-17)8-9-19/h2-3,10,19H,1,4-9H2. The van der Waals surface area contributed by atoms with Gasteiger partial charge in [0.2, 0.25) is 0 Å². The first-order chi connectivity index (χ1) is 10.2. The Bertz CT molecular complexity index is 556. The third kappa shape index (κ3) is 3.68. The topological polar surface area (TPSA) is 93.6 Å². The van der Waals surface area contributed by atoms with E-state index in [0.717, 1.165) is 19.5 Å². The van der Waals surface area contributed by atoms with Gasteiger partial charge in [0, 0.05) is 32.2 Å². The normalized spacial score (nSPS) is 16.3. The summed E-state index contributed by atoms with van der Waals surface area (Å²) in [5.74, 6) is 0. The molecule has 7 heteroatoms. The minimum atomic E-state index is -0.410. The van der Waals surface area contributed by atoms with E-state index in [1.807, 2.05) is 11.0 Å². The summed E-state index contributed by atoms with van der Waals surface area (Å²) in [6, 6.07) is 6.47. The zero-order chi connectivity index (χ0) is 15.2. The molecule has 1 aromatic carbocycles. The van der Waals surface area contributed by atoms with E-state index >= 15 is 0 Å². The van der Waals surface area contributed by atoms with Crippen molar-refractivity contribution in [3.8, 4) is 6.07 Å². The number of aliphatic hydroxyl groups excluding tert-OH is 1. The van der Waals surface area contributed by atoms with Crippen molar-refractivity contribution in [2.75, 3.05) is 44.2 Å². The molecule has 1 aromatic rings. The quantitative estimate of drug-likeness (QED) is 0.656. The van der Waals surface area contributed by atoms with Gasteiger partial charge in [-0.1, -0.05) is 0 Å². The fraction of sp³-hybridized carbons (Fsp3) is 0.500. The number of hydrogen-bond donors (Lipinski definition) is 1. The molecule has 112 valence electrons. The Balaban J connectivity index is 2.24. The molecular formula is C14H18N4O3. The van der Waals surface area contributed by atoms with E-state index in [2.05, 4.69) is 4.90 Å². The highest BCUT2D eigenvalue weighted by molar-refractivity contribution is 5.66. The average molecular weight is 290 g/mol. The van der Waals surface area contributed by atoms with Gasteiger partial charge in [0.15, 0.2) is 0 Å². The zero-order valence-electron chi connectivity index (χ0n) is 11.7. The molecule has 1 N–H and O–H groups in total. The van der Waals surface area contributed by atoms with Crippen molar-refractivity contribution in [1.82, 2.24) is 4.90 Å². The van der Waals surface area contributed by atoms with E-state index in [1.165, 1.54) is 12.1 Å². The smallest absolute Gasteiger partial charge is 0.292 e. The van der Waals surface area contributed by atoms with E-state index in [-0.39, 0.29) is 12.3 Å². The molecule has 1 aliphatic heterocycles. The van der Waals surface area contributed by atoms with E-state index in [9.17, 15) is 10.1 Å². The molecule has 21 heavy (non-hydrogen) atoms. The van der Waals surface area contributed by atoms with E-state index in [4.69, 9.17) is 10.4 Å². The van der Waals surface area contributed by atoms with Gasteiger partial charge in [-0.2, -0.15) is 5.26 Å². The Labute approximate surface area is 123 Å². The highest BCUT2D eigenvalue weighted by Gasteiger charge is 2.22. The number of benzene rings is 1. The van der Waals surface area contributed by atoms with Crippen LogP contribution in [-0.2, 0) is 0 Å². The summed E-state index contributed by atoms with van der Waals surface area (Å²) in [6.07, 6.45) is 0.869. The number of nitriles is 1. The number of rotatable bonds is 4. The maximum Gasteiger partial charge on any atom is 0.292 e. The molecule has 7 nitrogen and oxygen atoms in total. The van der Waals surface area contributed by atoms with E-state index < -0.39 is 4.92 Å². The Morgan fingerprint density at radius 2 is 2.14 bits per heavy atom. The van der Waals surface area contributed by atoms with Crippen LogP contribution in [0.2, 0.25) is 0 Å². The van der Waals surface area contributed by atoms with Gasteiger partial charge in [0.05, 0.1) is 23.2 Å². The van der Waals surface area contributed by atoms with Crippen LogP contribution >= 0.6 is 0 Å². The zero-order valence-corrected chi connectivity index (χ0v) is 11.7. The van der Waals surface area contributed by atoms with Gasteiger partial charge < -0.3 is 10.0 Å². The molecule has 1 aliphatic rings. The van der Waals surface area contributed by atoms with Crippen LogP contribution in [-0.4, -0.2) is 54.3 Å². The van der Waals surface area contributed by atoms with Crippen molar-refractivity contribution >= 4 is 11.4 Å². The summed E-state index contributed by atoms with van der Waals surface area (Å²) in [5, 5.41) is 29.2. The van der Waals surface area contributed by atoms with E-state index in [0.29, 0.717) is 30.9 Å². The number of nitro groups is 1. The molecular weight excluding hydrogens is 272 g/mol. The van der Waals surface area contributed by atoms with Crippen LogP contribution in [0.25, 0.3) is 0 Å². The van der Waals surface area contributed by atoms with Crippen molar-refractivity contribution < 1.29 is 10.0 Å². The van der Waals surface area contributed by atoms with Gasteiger partial charge >= 0.3 is 0 Å². The van der Waals surface area contributed by atoms with Gasteiger partial charge in [-0.05, 0) is 25.1 Å². The van der Waals surface area contributed by atoms with Crippen molar-refractivity contribution in [2.24, 2.45) is 0 Å². The summed E-state index contributed by atoms with van der Waals surface area (Å²) < 4.78 is 0. The number of β-amino-alcohol motifs (C(OH)–C–C–N with tert-alkyl or cyclic N) is 1. The lowest BCUT2D eigenvalue weighted by Gasteiger charge is -2.23. The molecule has 1 saturated heterocycles. The minimum absolute atomic E-state index is 0.0320. The average Bonchev–Trinajstić information content (AvgIpc) is 2.72.